The van der Waals surface area contributed by atoms with Gasteiger partial charge in [-0.1, -0.05) is 24.3 Å². The van der Waals surface area contributed by atoms with Crippen LogP contribution in [0.5, 0.6) is 11.5 Å². The van der Waals surface area contributed by atoms with Crippen LogP contribution in [0.25, 0.3) is 10.9 Å². The van der Waals surface area contributed by atoms with E-state index in [2.05, 4.69) is 24.1 Å². The van der Waals surface area contributed by atoms with Gasteiger partial charge in [0, 0.05) is 23.4 Å². The van der Waals surface area contributed by atoms with Crippen molar-refractivity contribution in [3.05, 3.63) is 64.8 Å². The molecule has 2 aromatic carbocycles. The Morgan fingerprint density at radius 3 is 2.68 bits per heavy atom. The van der Waals surface area contributed by atoms with Gasteiger partial charge >= 0.3 is 0 Å². The van der Waals surface area contributed by atoms with Crippen molar-refractivity contribution in [1.29, 1.82) is 0 Å². The molecule has 1 saturated heterocycles. The first-order valence-corrected chi connectivity index (χ1v) is 13.1. The fraction of sp³-hybridized carbons (Fsp3) is 0.400. The average Bonchev–Trinajstić information content (AvgIpc) is 3.11. The number of piperidine rings is 1. The molecule has 9 heteroatoms. The van der Waals surface area contributed by atoms with Crippen LogP contribution in [0.15, 0.2) is 42.5 Å². The number of likely N-dealkylation sites (N-methyl/N-ethyl adjacent to an activating group) is 1. The molecule has 0 saturated carbocycles. The van der Waals surface area contributed by atoms with Crippen molar-refractivity contribution < 1.29 is 27.9 Å². The van der Waals surface area contributed by atoms with Gasteiger partial charge < -0.3 is 19.8 Å². The lowest BCUT2D eigenvalue weighted by atomic mass is 9.49. The zero-order valence-electron chi connectivity index (χ0n) is 18.9. The van der Waals surface area contributed by atoms with Crippen molar-refractivity contribution in [2.24, 2.45) is 0 Å². The Balaban J connectivity index is 0.000000398. The standard InChI is InChI=1S/C24H22N2O3.CH4O3S/c1-26-9-8-23-19-14-6-7-17(27)21(19)29-22(23)20-15(12-24(23,28)18(26)11-14)10-13-4-2-3-5-16(13)25-20;1-5(2,3)4/h2-7,10,18,22,27-28H,8-9,11-12H2,1H3;1H3,(H,2,3,4)/t18-,22-,23-,24+;/m0./s1. The van der Waals surface area contributed by atoms with E-state index >= 15 is 0 Å². The Bertz CT molecular complexity index is 1450. The van der Waals surface area contributed by atoms with E-state index < -0.39 is 21.1 Å². The molecular weight excluding hydrogens is 456 g/mol. The van der Waals surface area contributed by atoms with Gasteiger partial charge in [-0.15, -0.1) is 0 Å². The molecule has 4 aliphatic rings. The number of phenols is 1. The summed E-state index contributed by atoms with van der Waals surface area (Å²) in [5.41, 5.74) is 3.61. The molecule has 8 nitrogen and oxygen atoms in total. The van der Waals surface area contributed by atoms with E-state index in [-0.39, 0.29) is 17.9 Å². The van der Waals surface area contributed by atoms with Crippen molar-refractivity contribution in [1.82, 2.24) is 9.88 Å². The number of para-hydroxylation sites is 1. The number of hydrogen-bond acceptors (Lipinski definition) is 7. The first-order valence-electron chi connectivity index (χ1n) is 11.3. The molecule has 1 fully saturated rings. The fourth-order valence-corrected chi connectivity index (χ4v) is 6.76. The van der Waals surface area contributed by atoms with Crippen molar-refractivity contribution in [2.75, 3.05) is 19.8 Å². The van der Waals surface area contributed by atoms with Gasteiger partial charge in [0.05, 0.1) is 28.5 Å². The van der Waals surface area contributed by atoms with Gasteiger partial charge in [-0.05, 0) is 55.8 Å². The van der Waals surface area contributed by atoms with Gasteiger partial charge in [-0.2, -0.15) is 8.42 Å². The lowest BCUT2D eigenvalue weighted by molar-refractivity contribution is -0.167. The molecule has 2 aliphatic heterocycles. The summed E-state index contributed by atoms with van der Waals surface area (Å²) in [6, 6.07) is 14.0. The Morgan fingerprint density at radius 2 is 1.91 bits per heavy atom. The van der Waals surface area contributed by atoms with Gasteiger partial charge in [0.15, 0.2) is 17.6 Å². The summed E-state index contributed by atoms with van der Waals surface area (Å²) in [5, 5.41) is 24.1. The molecule has 7 rings (SSSR count). The third-order valence-electron chi connectivity index (χ3n) is 8.03. The Morgan fingerprint density at radius 1 is 1.18 bits per heavy atom. The fourth-order valence-electron chi connectivity index (χ4n) is 6.76. The number of aromatic nitrogens is 1. The summed E-state index contributed by atoms with van der Waals surface area (Å²) in [7, 11) is -1.55. The van der Waals surface area contributed by atoms with Crippen LogP contribution in [0.3, 0.4) is 0 Å². The van der Waals surface area contributed by atoms with Gasteiger partial charge in [0.1, 0.15) is 0 Å². The quantitative estimate of drug-likeness (QED) is 0.418. The Labute approximate surface area is 197 Å². The summed E-state index contributed by atoms with van der Waals surface area (Å²) >= 11 is 0. The minimum absolute atomic E-state index is 0.0185. The minimum Gasteiger partial charge on any atom is -0.504 e. The van der Waals surface area contributed by atoms with Crippen LogP contribution < -0.4 is 4.74 Å². The molecule has 2 bridgehead atoms. The summed E-state index contributed by atoms with van der Waals surface area (Å²) in [5.74, 6) is 0.714. The number of rotatable bonds is 0. The zero-order valence-corrected chi connectivity index (χ0v) is 19.7. The van der Waals surface area contributed by atoms with E-state index in [9.17, 15) is 18.6 Å². The molecule has 178 valence electrons. The van der Waals surface area contributed by atoms with Crippen LogP contribution in [0, 0.1) is 0 Å². The van der Waals surface area contributed by atoms with Gasteiger partial charge in [0.2, 0.25) is 0 Å². The van der Waals surface area contributed by atoms with Crippen LogP contribution in [0.4, 0.5) is 0 Å². The predicted molar refractivity (Wildman–Crippen MR) is 126 cm³/mol. The zero-order chi connectivity index (χ0) is 24.0. The molecule has 34 heavy (non-hydrogen) atoms. The smallest absolute Gasteiger partial charge is 0.261 e. The first-order chi connectivity index (χ1) is 16.0. The molecular formula is C25H26N2O6S. The van der Waals surface area contributed by atoms with E-state index in [0.717, 1.165) is 47.1 Å². The van der Waals surface area contributed by atoms with Crippen molar-refractivity contribution in [3.63, 3.8) is 0 Å². The third-order valence-corrected chi connectivity index (χ3v) is 8.03. The molecule has 0 radical (unpaired) electrons. The first kappa shape index (κ1) is 21.8. The average molecular weight is 483 g/mol. The lowest BCUT2D eigenvalue weighted by Gasteiger charge is -2.62. The van der Waals surface area contributed by atoms with E-state index in [1.807, 2.05) is 24.3 Å². The second-order valence-corrected chi connectivity index (χ2v) is 11.4. The Hall–Kier alpha value is -2.72. The van der Waals surface area contributed by atoms with Gasteiger partial charge in [-0.25, -0.2) is 4.98 Å². The maximum atomic E-state index is 12.4. The van der Waals surface area contributed by atoms with Gasteiger partial charge in [-0.3, -0.25) is 4.55 Å². The highest BCUT2D eigenvalue weighted by molar-refractivity contribution is 7.85. The number of fused-ring (bicyclic) bond motifs is 3. The third kappa shape index (κ3) is 2.81. The molecule has 3 aromatic rings. The van der Waals surface area contributed by atoms with Crippen molar-refractivity contribution in [3.8, 4) is 11.5 Å². The maximum Gasteiger partial charge on any atom is 0.261 e. The van der Waals surface area contributed by atoms with E-state index in [0.29, 0.717) is 18.4 Å². The number of phenolic OH excluding ortho intramolecular Hbond substituents is 1. The monoisotopic (exact) mass is 482 g/mol. The molecule has 1 spiro atoms. The topological polar surface area (TPSA) is 120 Å². The van der Waals surface area contributed by atoms with Crippen molar-refractivity contribution >= 4 is 21.0 Å². The number of pyridine rings is 1. The van der Waals surface area contributed by atoms with Crippen LogP contribution in [-0.4, -0.2) is 64.6 Å². The minimum atomic E-state index is -3.67. The normalized spacial score (nSPS) is 30.6. The lowest BCUT2D eigenvalue weighted by Crippen LogP contribution is -2.74. The highest BCUT2D eigenvalue weighted by atomic mass is 32.2. The van der Waals surface area contributed by atoms with Gasteiger partial charge in [0.25, 0.3) is 10.1 Å². The summed E-state index contributed by atoms with van der Waals surface area (Å²) in [6.07, 6.45) is 2.46. The Kier molecular flexibility index (Phi) is 4.43. The van der Waals surface area contributed by atoms with Crippen molar-refractivity contribution in [2.45, 2.75) is 42.4 Å². The number of aliphatic hydroxyl groups is 1. The van der Waals surface area contributed by atoms with E-state index in [4.69, 9.17) is 14.3 Å². The molecule has 2 aliphatic carbocycles. The number of likely N-dealkylation sites (tertiary alicyclic amines) is 1. The molecule has 1 aromatic heterocycles. The second kappa shape index (κ2) is 6.91. The highest BCUT2D eigenvalue weighted by Crippen LogP contribution is 2.68. The molecule has 3 N–H and O–H groups in total. The second-order valence-electron chi connectivity index (χ2n) is 9.93. The number of aromatic hydroxyl groups is 1. The predicted octanol–water partition coefficient (Wildman–Crippen LogP) is 2.36. The largest absolute Gasteiger partial charge is 0.504 e. The molecule has 4 atom stereocenters. The number of hydrogen-bond donors (Lipinski definition) is 3. The van der Waals surface area contributed by atoms with Crippen LogP contribution in [-0.2, 0) is 28.4 Å². The molecule has 3 heterocycles. The molecule has 0 unspecified atom stereocenters. The maximum absolute atomic E-state index is 12.4. The summed E-state index contributed by atoms with van der Waals surface area (Å²) in [4.78, 5) is 7.32. The number of ether oxygens (including phenoxy) is 1. The number of nitrogens with zero attached hydrogens (tertiary/aromatic N) is 2. The van der Waals surface area contributed by atoms with E-state index in [1.165, 1.54) is 5.56 Å². The van der Waals surface area contributed by atoms with Crippen LogP contribution >= 0.6 is 0 Å². The van der Waals surface area contributed by atoms with Crippen LogP contribution in [0.2, 0.25) is 0 Å². The van der Waals surface area contributed by atoms with E-state index in [1.54, 1.807) is 6.07 Å². The highest BCUT2D eigenvalue weighted by Gasteiger charge is 2.72. The molecule has 0 amide bonds. The summed E-state index contributed by atoms with van der Waals surface area (Å²) < 4.78 is 32.4. The van der Waals surface area contributed by atoms with Crippen LogP contribution in [0.1, 0.15) is 34.9 Å². The summed E-state index contributed by atoms with van der Waals surface area (Å²) in [6.45, 7) is 0.893. The number of benzene rings is 2. The SMILES string of the molecule is CN1CC[C@]23c4c5ccc(O)c4O[C@H]2c2nc4ccccc4cc2C[C@@]3(O)[C@@H]1C5.CS(=O)(=O)O.